The van der Waals surface area contributed by atoms with Gasteiger partial charge in [-0.1, -0.05) is 0 Å². The zero-order valence-corrected chi connectivity index (χ0v) is 13.8. The maximum atomic E-state index is 12.5. The van der Waals surface area contributed by atoms with Crippen LogP contribution in [-0.4, -0.2) is 33.6 Å². The second kappa shape index (κ2) is 7.49. The lowest BCUT2D eigenvalue weighted by molar-refractivity contribution is 0.108. The summed E-state index contributed by atoms with van der Waals surface area (Å²) in [6.07, 6.45) is 6.74. The molecular formula is C18H23N3O3. The smallest absolute Gasteiger partial charge is 0.317 e. The first-order valence-electron chi connectivity index (χ1n) is 8.30. The molecular weight excluding hydrogens is 306 g/mol. The minimum atomic E-state index is -0.680. The Morgan fingerprint density at radius 2 is 2.42 bits per heavy atom. The first kappa shape index (κ1) is 16.5. The minimum absolute atomic E-state index is 0.0311. The number of amides is 2. The Kier molecular flexibility index (Phi) is 5.15. The molecule has 0 aromatic carbocycles. The van der Waals surface area contributed by atoms with Crippen LogP contribution in [0.4, 0.5) is 4.79 Å². The number of aliphatic hydroxyl groups is 1. The van der Waals surface area contributed by atoms with Crippen LogP contribution in [0.15, 0.2) is 41.3 Å². The molecule has 0 aliphatic carbocycles. The Morgan fingerprint density at radius 1 is 1.54 bits per heavy atom. The molecule has 3 rings (SSSR count). The molecule has 0 radical (unpaired) electrons. The zero-order chi connectivity index (χ0) is 16.9. The highest BCUT2D eigenvalue weighted by Crippen LogP contribution is 2.27. The first-order chi connectivity index (χ1) is 11.6. The normalized spacial score (nSPS) is 18.6. The fraction of sp³-hybridized carbons (Fsp3) is 0.444. The molecule has 2 aromatic rings. The Balaban J connectivity index is 1.56. The standard InChI is InChI=1S/C18H23N3O3/c1-13-11-19-7-6-14(13)12-20-18(23)21-8-2-4-15(21)10-16(22)17-5-3-9-24-17/h3,5-7,9,11,15-16,22H,2,4,8,10,12H2,1H3,(H,20,23)/t15-,16-/m1/s1. The van der Waals surface area contributed by atoms with Crippen LogP contribution in [-0.2, 0) is 6.54 Å². The van der Waals surface area contributed by atoms with Crippen molar-refractivity contribution in [3.8, 4) is 0 Å². The average molecular weight is 329 g/mol. The van der Waals surface area contributed by atoms with E-state index in [1.54, 1.807) is 30.8 Å². The van der Waals surface area contributed by atoms with Gasteiger partial charge >= 0.3 is 6.03 Å². The number of nitrogens with one attached hydrogen (secondary N) is 1. The second-order valence-electron chi connectivity index (χ2n) is 6.22. The van der Waals surface area contributed by atoms with E-state index >= 15 is 0 Å². The van der Waals surface area contributed by atoms with Crippen molar-refractivity contribution in [1.29, 1.82) is 0 Å². The number of pyridine rings is 1. The van der Waals surface area contributed by atoms with Crippen LogP contribution >= 0.6 is 0 Å². The maximum absolute atomic E-state index is 12.5. The van der Waals surface area contributed by atoms with Crippen LogP contribution in [0.5, 0.6) is 0 Å². The van der Waals surface area contributed by atoms with Crippen LogP contribution < -0.4 is 5.32 Å². The van der Waals surface area contributed by atoms with Crippen molar-refractivity contribution in [3.05, 3.63) is 53.7 Å². The van der Waals surface area contributed by atoms with E-state index in [1.807, 2.05) is 17.9 Å². The third-order valence-corrected chi connectivity index (χ3v) is 4.57. The number of aryl methyl sites for hydroxylation is 1. The molecule has 2 amide bonds. The first-order valence-corrected chi connectivity index (χ1v) is 8.30. The van der Waals surface area contributed by atoms with Crippen LogP contribution in [0.25, 0.3) is 0 Å². The molecule has 1 aliphatic heterocycles. The molecule has 0 saturated carbocycles. The van der Waals surface area contributed by atoms with Gasteiger partial charge in [-0.15, -0.1) is 0 Å². The molecule has 3 heterocycles. The lowest BCUT2D eigenvalue weighted by atomic mass is 10.1. The third-order valence-electron chi connectivity index (χ3n) is 4.57. The summed E-state index contributed by atoms with van der Waals surface area (Å²) < 4.78 is 5.24. The molecule has 1 aliphatic rings. The van der Waals surface area contributed by atoms with Gasteiger partial charge in [0.2, 0.25) is 0 Å². The van der Waals surface area contributed by atoms with E-state index in [2.05, 4.69) is 10.3 Å². The van der Waals surface area contributed by atoms with Crippen molar-refractivity contribution >= 4 is 6.03 Å². The number of urea groups is 1. The highest BCUT2D eigenvalue weighted by molar-refractivity contribution is 5.74. The summed E-state index contributed by atoms with van der Waals surface area (Å²) in [7, 11) is 0. The van der Waals surface area contributed by atoms with E-state index in [0.29, 0.717) is 18.7 Å². The summed E-state index contributed by atoms with van der Waals surface area (Å²) in [5.74, 6) is 0.551. The lowest BCUT2D eigenvalue weighted by Gasteiger charge is -2.26. The highest BCUT2D eigenvalue weighted by Gasteiger charge is 2.31. The van der Waals surface area contributed by atoms with Gasteiger partial charge in [0.1, 0.15) is 11.9 Å². The molecule has 1 saturated heterocycles. The second-order valence-corrected chi connectivity index (χ2v) is 6.22. The number of aromatic nitrogens is 1. The fourth-order valence-corrected chi connectivity index (χ4v) is 3.18. The Morgan fingerprint density at radius 3 is 3.17 bits per heavy atom. The number of aliphatic hydroxyl groups excluding tert-OH is 1. The third kappa shape index (κ3) is 3.76. The Labute approximate surface area is 141 Å². The van der Waals surface area contributed by atoms with Gasteiger partial charge in [-0.3, -0.25) is 4.98 Å². The monoisotopic (exact) mass is 329 g/mol. The molecule has 0 spiro atoms. The van der Waals surface area contributed by atoms with Crippen molar-refractivity contribution in [1.82, 2.24) is 15.2 Å². The summed E-state index contributed by atoms with van der Waals surface area (Å²) in [6, 6.07) is 5.38. The Bertz CT molecular complexity index is 672. The van der Waals surface area contributed by atoms with Gasteiger partial charge < -0.3 is 19.7 Å². The van der Waals surface area contributed by atoms with Crippen LogP contribution in [0.2, 0.25) is 0 Å². The van der Waals surface area contributed by atoms with E-state index in [1.165, 1.54) is 0 Å². The molecule has 1 fully saturated rings. The molecule has 24 heavy (non-hydrogen) atoms. The zero-order valence-electron chi connectivity index (χ0n) is 13.8. The van der Waals surface area contributed by atoms with Crippen LogP contribution in [0.1, 0.15) is 42.3 Å². The van der Waals surface area contributed by atoms with Crippen molar-refractivity contribution < 1.29 is 14.3 Å². The van der Waals surface area contributed by atoms with Crippen molar-refractivity contribution in [2.45, 2.75) is 44.9 Å². The lowest BCUT2D eigenvalue weighted by Crippen LogP contribution is -2.43. The number of carbonyl (C=O) groups is 1. The molecule has 6 nitrogen and oxygen atoms in total. The topological polar surface area (TPSA) is 78.6 Å². The summed E-state index contributed by atoms with van der Waals surface area (Å²) in [4.78, 5) is 18.4. The Hall–Kier alpha value is -2.34. The molecule has 128 valence electrons. The molecule has 0 bridgehead atoms. The van der Waals surface area contributed by atoms with Gasteiger partial charge in [-0.2, -0.15) is 0 Å². The molecule has 2 N–H and O–H groups in total. The minimum Gasteiger partial charge on any atom is -0.467 e. The van der Waals surface area contributed by atoms with E-state index in [4.69, 9.17) is 4.42 Å². The van der Waals surface area contributed by atoms with E-state index in [9.17, 15) is 9.90 Å². The summed E-state index contributed by atoms with van der Waals surface area (Å²) in [6.45, 7) is 3.18. The predicted molar refractivity (Wildman–Crippen MR) is 89.2 cm³/mol. The number of hydrogen-bond acceptors (Lipinski definition) is 4. The van der Waals surface area contributed by atoms with E-state index in [0.717, 1.165) is 30.5 Å². The maximum Gasteiger partial charge on any atom is 0.317 e. The van der Waals surface area contributed by atoms with Gasteiger partial charge in [-0.05, 0) is 49.1 Å². The number of nitrogens with zero attached hydrogens (tertiary/aromatic N) is 2. The van der Waals surface area contributed by atoms with Crippen molar-refractivity contribution in [2.75, 3.05) is 6.54 Å². The molecule has 2 aromatic heterocycles. The van der Waals surface area contributed by atoms with E-state index < -0.39 is 6.10 Å². The average Bonchev–Trinajstić information content (AvgIpc) is 3.25. The van der Waals surface area contributed by atoms with Gasteiger partial charge in [0.25, 0.3) is 0 Å². The number of furan rings is 1. The SMILES string of the molecule is Cc1cnccc1CNC(=O)N1CCC[C@@H]1C[C@@H](O)c1ccco1. The van der Waals surface area contributed by atoms with Crippen LogP contribution in [0, 0.1) is 6.92 Å². The quantitative estimate of drug-likeness (QED) is 0.884. The van der Waals surface area contributed by atoms with Crippen molar-refractivity contribution in [3.63, 3.8) is 0 Å². The van der Waals surface area contributed by atoms with E-state index in [-0.39, 0.29) is 12.1 Å². The van der Waals surface area contributed by atoms with Gasteiger partial charge in [0.05, 0.1) is 6.26 Å². The molecule has 6 heteroatoms. The summed E-state index contributed by atoms with van der Waals surface area (Å²) >= 11 is 0. The fourth-order valence-electron chi connectivity index (χ4n) is 3.18. The van der Waals surface area contributed by atoms with Crippen LogP contribution in [0.3, 0.4) is 0 Å². The van der Waals surface area contributed by atoms with Gasteiger partial charge in [-0.25, -0.2) is 4.79 Å². The number of rotatable bonds is 5. The highest BCUT2D eigenvalue weighted by atomic mass is 16.4. The summed E-state index contributed by atoms with van der Waals surface area (Å²) in [5.41, 5.74) is 2.12. The summed E-state index contributed by atoms with van der Waals surface area (Å²) in [5, 5.41) is 13.2. The van der Waals surface area contributed by atoms with Gasteiger partial charge in [0, 0.05) is 37.9 Å². The molecule has 0 unspecified atom stereocenters. The molecule has 2 atom stereocenters. The number of likely N-dealkylation sites (tertiary alicyclic amines) is 1. The van der Waals surface area contributed by atoms with Crippen molar-refractivity contribution in [2.24, 2.45) is 0 Å². The number of carbonyl (C=O) groups excluding carboxylic acids is 1. The predicted octanol–water partition coefficient (Wildman–Crippen LogP) is 2.78. The van der Waals surface area contributed by atoms with Gasteiger partial charge in [0.15, 0.2) is 0 Å². The number of hydrogen-bond donors (Lipinski definition) is 2. The largest absolute Gasteiger partial charge is 0.467 e.